The van der Waals surface area contributed by atoms with Crippen molar-refractivity contribution in [2.75, 3.05) is 37.3 Å². The number of amides is 1. The predicted molar refractivity (Wildman–Crippen MR) is 137 cm³/mol. The Morgan fingerprint density at radius 3 is 2.59 bits per heavy atom. The van der Waals surface area contributed by atoms with E-state index in [-0.39, 0.29) is 23.6 Å². The highest BCUT2D eigenvalue weighted by atomic mass is 19.4. The fourth-order valence-corrected chi connectivity index (χ4v) is 5.22. The summed E-state index contributed by atoms with van der Waals surface area (Å²) in [5.74, 6) is 0.935. The monoisotopic (exact) mass is 519 g/mol. The van der Waals surface area contributed by atoms with Gasteiger partial charge in [-0.1, -0.05) is 18.7 Å². The van der Waals surface area contributed by atoms with Crippen molar-refractivity contribution in [1.29, 1.82) is 0 Å². The van der Waals surface area contributed by atoms with Crippen molar-refractivity contribution in [3.05, 3.63) is 36.5 Å². The minimum absolute atomic E-state index is 0.0454. The number of likely N-dealkylation sites (tertiary alicyclic amines) is 1. The third-order valence-corrected chi connectivity index (χ3v) is 7.69. The number of pyridine rings is 1. The molecule has 3 aliphatic rings. The maximum atomic E-state index is 14.7. The van der Waals surface area contributed by atoms with Gasteiger partial charge in [0.25, 0.3) is 0 Å². The van der Waals surface area contributed by atoms with Gasteiger partial charge in [0.1, 0.15) is 12.0 Å². The summed E-state index contributed by atoms with van der Waals surface area (Å²) in [6, 6.07) is 6.35. The van der Waals surface area contributed by atoms with Crippen LogP contribution in [0.15, 0.2) is 30.8 Å². The molecule has 0 radical (unpaired) electrons. The first-order valence-corrected chi connectivity index (χ1v) is 12.9. The van der Waals surface area contributed by atoms with Gasteiger partial charge in [-0.25, -0.2) is 9.37 Å². The largest absolute Gasteiger partial charge is 0.417 e. The Morgan fingerprint density at radius 1 is 1.16 bits per heavy atom. The van der Waals surface area contributed by atoms with Crippen molar-refractivity contribution in [3.8, 4) is 0 Å². The van der Waals surface area contributed by atoms with Gasteiger partial charge in [0.2, 0.25) is 5.91 Å². The van der Waals surface area contributed by atoms with Gasteiger partial charge in [0.15, 0.2) is 0 Å². The topological polar surface area (TPSA) is 69.3 Å². The van der Waals surface area contributed by atoms with Crippen LogP contribution >= 0.6 is 0 Å². The van der Waals surface area contributed by atoms with Crippen molar-refractivity contribution in [2.45, 2.75) is 56.5 Å². The lowest BCUT2D eigenvalue weighted by molar-refractivity contribution is -0.122. The SMILES string of the molecule is C=C(c1nc(NC2CC(CNC(=O)C3CC3)C2)cc2c(N[C@@H]3CCN(C)C[C@@H]3F)cccc12)C(F)(F)F. The van der Waals surface area contributed by atoms with E-state index < -0.39 is 24.0 Å². The molecule has 2 heterocycles. The number of anilines is 2. The van der Waals surface area contributed by atoms with Gasteiger partial charge in [-0.2, -0.15) is 13.2 Å². The van der Waals surface area contributed by atoms with Gasteiger partial charge in [0, 0.05) is 48.1 Å². The van der Waals surface area contributed by atoms with Crippen molar-refractivity contribution in [2.24, 2.45) is 11.8 Å². The highest BCUT2D eigenvalue weighted by molar-refractivity contribution is 6.01. The van der Waals surface area contributed by atoms with Crippen LogP contribution in [0.1, 0.15) is 37.8 Å². The molecule has 0 unspecified atom stereocenters. The molecule has 1 aliphatic heterocycles. The molecule has 2 saturated carbocycles. The Kier molecular flexibility index (Phi) is 7.04. The molecule has 3 N–H and O–H groups in total. The van der Waals surface area contributed by atoms with E-state index in [1.807, 2.05) is 11.9 Å². The van der Waals surface area contributed by atoms with Crippen LogP contribution in [0.4, 0.5) is 29.1 Å². The number of nitrogens with one attached hydrogen (secondary N) is 3. The van der Waals surface area contributed by atoms with E-state index in [0.717, 1.165) is 32.2 Å². The van der Waals surface area contributed by atoms with E-state index in [9.17, 15) is 22.4 Å². The summed E-state index contributed by atoms with van der Waals surface area (Å²) in [7, 11) is 1.87. The van der Waals surface area contributed by atoms with Crippen LogP contribution < -0.4 is 16.0 Å². The van der Waals surface area contributed by atoms with E-state index in [1.54, 1.807) is 24.3 Å². The highest BCUT2D eigenvalue weighted by Crippen LogP contribution is 2.39. The Bertz CT molecular complexity index is 1180. The Labute approximate surface area is 213 Å². The first-order chi connectivity index (χ1) is 17.6. The second-order valence-corrected chi connectivity index (χ2v) is 10.7. The highest BCUT2D eigenvalue weighted by Gasteiger charge is 2.36. The number of hydrogen-bond donors (Lipinski definition) is 3. The summed E-state index contributed by atoms with van der Waals surface area (Å²) in [5.41, 5.74) is -0.676. The van der Waals surface area contributed by atoms with Crippen molar-refractivity contribution >= 4 is 33.8 Å². The van der Waals surface area contributed by atoms with Crippen LogP contribution in [-0.4, -0.2) is 66.9 Å². The molecule has 10 heteroatoms. The number of carbonyl (C=O) groups is 1. The van der Waals surface area contributed by atoms with Crippen molar-refractivity contribution in [3.63, 3.8) is 0 Å². The van der Waals surface area contributed by atoms with Crippen LogP contribution in [0.2, 0.25) is 0 Å². The first kappa shape index (κ1) is 25.8. The molecule has 5 rings (SSSR count). The van der Waals surface area contributed by atoms with E-state index in [4.69, 9.17) is 0 Å². The lowest BCUT2D eigenvalue weighted by Gasteiger charge is -2.36. The van der Waals surface area contributed by atoms with Gasteiger partial charge in [-0.3, -0.25) is 4.79 Å². The number of piperidine rings is 1. The molecule has 1 aromatic carbocycles. The maximum Gasteiger partial charge on any atom is 0.417 e. The second-order valence-electron chi connectivity index (χ2n) is 10.7. The molecule has 6 nitrogen and oxygen atoms in total. The molecule has 2 atom stereocenters. The predicted octanol–water partition coefficient (Wildman–Crippen LogP) is 4.98. The fourth-order valence-electron chi connectivity index (χ4n) is 5.22. The summed E-state index contributed by atoms with van der Waals surface area (Å²) in [4.78, 5) is 18.1. The van der Waals surface area contributed by atoms with Gasteiger partial charge in [-0.05, 0) is 57.2 Å². The molecule has 37 heavy (non-hydrogen) atoms. The Hall–Kier alpha value is -2.88. The Morgan fingerprint density at radius 2 is 1.92 bits per heavy atom. The summed E-state index contributed by atoms with van der Waals surface area (Å²) < 4.78 is 55.8. The van der Waals surface area contributed by atoms with Crippen LogP contribution in [-0.2, 0) is 4.79 Å². The lowest BCUT2D eigenvalue weighted by atomic mass is 9.80. The van der Waals surface area contributed by atoms with Gasteiger partial charge in [0.05, 0.1) is 17.3 Å². The summed E-state index contributed by atoms with van der Waals surface area (Å²) >= 11 is 0. The van der Waals surface area contributed by atoms with Gasteiger partial charge >= 0.3 is 6.18 Å². The molecule has 2 aliphatic carbocycles. The molecule has 3 fully saturated rings. The number of fused-ring (bicyclic) bond motifs is 1. The van der Waals surface area contributed by atoms with Gasteiger partial charge in [-0.15, -0.1) is 0 Å². The number of alkyl halides is 4. The average Bonchev–Trinajstić information content (AvgIpc) is 3.66. The molecule has 1 saturated heterocycles. The summed E-state index contributed by atoms with van der Waals surface area (Å²) in [6.45, 7) is 4.95. The number of aromatic nitrogens is 1. The van der Waals surface area contributed by atoms with Crippen LogP contribution in [0.3, 0.4) is 0 Å². The zero-order valence-corrected chi connectivity index (χ0v) is 20.9. The maximum absolute atomic E-state index is 14.7. The van der Waals surface area contributed by atoms with Crippen molar-refractivity contribution < 1.29 is 22.4 Å². The molecular formula is C27H33F4N5O. The zero-order chi connectivity index (χ0) is 26.3. The average molecular weight is 520 g/mol. The number of allylic oxidation sites excluding steroid dienone is 1. The first-order valence-electron chi connectivity index (χ1n) is 12.9. The molecule has 0 spiro atoms. The van der Waals surface area contributed by atoms with Crippen LogP contribution in [0.25, 0.3) is 16.3 Å². The van der Waals surface area contributed by atoms with E-state index in [0.29, 0.717) is 47.7 Å². The number of hydrogen-bond acceptors (Lipinski definition) is 5. The summed E-state index contributed by atoms with van der Waals surface area (Å²) in [6.07, 6.45) is -1.64. The quantitative estimate of drug-likeness (QED) is 0.429. The van der Waals surface area contributed by atoms with Gasteiger partial charge < -0.3 is 20.9 Å². The number of halogens is 4. The number of rotatable bonds is 8. The van der Waals surface area contributed by atoms with Crippen molar-refractivity contribution in [1.82, 2.24) is 15.2 Å². The lowest BCUT2D eigenvalue weighted by Crippen LogP contribution is -2.46. The molecular weight excluding hydrogens is 486 g/mol. The van der Waals surface area contributed by atoms with E-state index in [1.165, 1.54) is 0 Å². The normalized spacial score (nSPS) is 26.4. The second kappa shape index (κ2) is 10.1. The number of nitrogens with zero attached hydrogens (tertiary/aromatic N) is 2. The smallest absolute Gasteiger partial charge is 0.379 e. The molecule has 2 aromatic rings. The van der Waals surface area contributed by atoms with E-state index >= 15 is 0 Å². The van der Waals surface area contributed by atoms with Crippen LogP contribution in [0, 0.1) is 11.8 Å². The minimum Gasteiger partial charge on any atom is -0.379 e. The number of carbonyl (C=O) groups excluding carboxylic acids is 1. The third-order valence-electron chi connectivity index (χ3n) is 7.69. The molecule has 200 valence electrons. The molecule has 1 amide bonds. The van der Waals surface area contributed by atoms with E-state index in [2.05, 4.69) is 27.5 Å². The molecule has 1 aromatic heterocycles. The minimum atomic E-state index is -4.64. The molecule has 0 bridgehead atoms. The Balaban J connectivity index is 1.36. The standard InChI is InChI=1S/C27H33F4N5O/c1-15(27(29,30)31)25-19-4-3-5-22(34-23-8-9-36(2)14-21(23)28)20(19)12-24(35-25)33-18-10-16(11-18)13-32-26(37)17-6-7-17/h3-5,12,16-18,21,23,34H,1,6-11,13-14H2,2H3,(H,32,37)(H,33,35)/t16?,18?,21-,23+/m0/s1. The zero-order valence-electron chi connectivity index (χ0n) is 20.9. The van der Waals surface area contributed by atoms with Crippen LogP contribution in [0.5, 0.6) is 0 Å². The fraction of sp³-hybridized carbons (Fsp3) is 0.556. The summed E-state index contributed by atoms with van der Waals surface area (Å²) in [5, 5.41) is 10.4. The number of benzene rings is 1. The third kappa shape index (κ3) is 5.84.